The van der Waals surface area contributed by atoms with Crippen molar-refractivity contribution in [2.75, 3.05) is 13.2 Å². The molecule has 0 N–H and O–H groups in total. The highest BCUT2D eigenvalue weighted by Gasteiger charge is 2.44. The van der Waals surface area contributed by atoms with Crippen molar-refractivity contribution in [2.45, 2.75) is 18.6 Å². The topological polar surface area (TPSA) is 44.2 Å². The predicted octanol–water partition coefficient (Wildman–Crippen LogP) is 0.622. The minimum Gasteiger partial charge on any atom is -0.378 e. The highest BCUT2D eigenvalue weighted by atomic mass is 16.6. The molecule has 1 saturated heterocycles. The van der Waals surface area contributed by atoms with Crippen LogP contribution in [0.15, 0.2) is 12.5 Å². The van der Waals surface area contributed by atoms with Crippen LogP contribution < -0.4 is 0 Å². The first kappa shape index (κ1) is 7.41. The Balaban J connectivity index is 2.11. The van der Waals surface area contributed by atoms with E-state index in [1.54, 1.807) is 6.33 Å². The van der Waals surface area contributed by atoms with Gasteiger partial charge in [-0.05, 0) is 0 Å². The van der Waals surface area contributed by atoms with Crippen molar-refractivity contribution >= 4 is 0 Å². The number of hydrogen-bond acceptors (Lipinski definition) is 4. The zero-order valence-electron chi connectivity index (χ0n) is 7.19. The summed E-state index contributed by atoms with van der Waals surface area (Å²) in [5, 5.41) is 0. The third-order valence-corrected chi connectivity index (χ3v) is 2.71. The molecule has 1 fully saturated rings. The molecule has 4 heteroatoms. The largest absolute Gasteiger partial charge is 0.378 e. The molecule has 1 aromatic heterocycles. The van der Waals surface area contributed by atoms with E-state index < -0.39 is 0 Å². The fourth-order valence-corrected chi connectivity index (χ4v) is 2.01. The summed E-state index contributed by atoms with van der Waals surface area (Å²) in [7, 11) is 0. The standard InChI is InChI=1S/C9H10N2O2/c1-2-12-5-9(1)8-7(4-13-9)3-10-6-11-8/h3,6H,1-2,4-5H2. The predicted molar refractivity (Wildman–Crippen MR) is 43.9 cm³/mol. The number of fused-ring (bicyclic) bond motifs is 2. The third kappa shape index (κ3) is 0.927. The minimum absolute atomic E-state index is 0.252. The Labute approximate surface area is 75.9 Å². The van der Waals surface area contributed by atoms with Gasteiger partial charge in [-0.1, -0.05) is 0 Å². The van der Waals surface area contributed by atoms with E-state index in [1.807, 2.05) is 6.20 Å². The van der Waals surface area contributed by atoms with Gasteiger partial charge in [-0.3, -0.25) is 0 Å². The highest BCUT2D eigenvalue weighted by molar-refractivity contribution is 5.27. The van der Waals surface area contributed by atoms with Crippen molar-refractivity contribution in [2.24, 2.45) is 0 Å². The highest BCUT2D eigenvalue weighted by Crippen LogP contribution is 2.40. The Bertz CT molecular complexity index is 334. The average molecular weight is 178 g/mol. The molecule has 1 unspecified atom stereocenters. The normalized spacial score (nSPS) is 31.1. The van der Waals surface area contributed by atoms with Crippen LogP contribution in [-0.2, 0) is 21.7 Å². The zero-order chi connectivity index (χ0) is 8.73. The lowest BCUT2D eigenvalue weighted by molar-refractivity contribution is -0.0442. The van der Waals surface area contributed by atoms with Gasteiger partial charge in [0.15, 0.2) is 0 Å². The maximum absolute atomic E-state index is 5.74. The minimum atomic E-state index is -0.252. The first-order valence-electron chi connectivity index (χ1n) is 4.42. The molecule has 2 aliphatic rings. The van der Waals surface area contributed by atoms with Gasteiger partial charge in [0.05, 0.1) is 18.9 Å². The summed E-state index contributed by atoms with van der Waals surface area (Å²) in [6, 6.07) is 0. The molecular formula is C9H10N2O2. The van der Waals surface area contributed by atoms with Crippen LogP contribution in [0, 0.1) is 0 Å². The lowest BCUT2D eigenvalue weighted by Gasteiger charge is -2.19. The molecular weight excluding hydrogens is 168 g/mol. The van der Waals surface area contributed by atoms with Crippen LogP contribution in [-0.4, -0.2) is 23.2 Å². The smallest absolute Gasteiger partial charge is 0.136 e. The number of hydrogen-bond donors (Lipinski definition) is 0. The van der Waals surface area contributed by atoms with Crippen molar-refractivity contribution < 1.29 is 9.47 Å². The van der Waals surface area contributed by atoms with E-state index >= 15 is 0 Å². The van der Waals surface area contributed by atoms with Crippen LogP contribution in [0.2, 0.25) is 0 Å². The van der Waals surface area contributed by atoms with Gasteiger partial charge in [-0.2, -0.15) is 0 Å². The van der Waals surface area contributed by atoms with Gasteiger partial charge in [0.25, 0.3) is 0 Å². The maximum atomic E-state index is 5.74. The van der Waals surface area contributed by atoms with Gasteiger partial charge in [-0.15, -0.1) is 0 Å². The molecule has 3 heterocycles. The quantitative estimate of drug-likeness (QED) is 0.584. The molecule has 1 atom stereocenters. The molecule has 0 saturated carbocycles. The molecule has 0 bridgehead atoms. The number of rotatable bonds is 0. The van der Waals surface area contributed by atoms with E-state index in [2.05, 4.69) is 9.97 Å². The van der Waals surface area contributed by atoms with Crippen molar-refractivity contribution in [1.29, 1.82) is 0 Å². The maximum Gasteiger partial charge on any atom is 0.136 e. The zero-order valence-corrected chi connectivity index (χ0v) is 7.19. The number of nitrogens with zero attached hydrogens (tertiary/aromatic N) is 2. The Morgan fingerprint density at radius 1 is 1.46 bits per heavy atom. The molecule has 0 radical (unpaired) electrons. The van der Waals surface area contributed by atoms with Crippen LogP contribution in [0.3, 0.4) is 0 Å². The SMILES string of the molecule is c1ncc2c(n1)C1(CCOC1)OC2. The van der Waals surface area contributed by atoms with E-state index in [1.165, 1.54) is 0 Å². The van der Waals surface area contributed by atoms with Crippen LogP contribution in [0.5, 0.6) is 0 Å². The van der Waals surface area contributed by atoms with Crippen molar-refractivity contribution in [3.05, 3.63) is 23.8 Å². The van der Waals surface area contributed by atoms with Gasteiger partial charge < -0.3 is 9.47 Å². The van der Waals surface area contributed by atoms with Crippen molar-refractivity contribution in [3.63, 3.8) is 0 Å². The van der Waals surface area contributed by atoms with Gasteiger partial charge in [0, 0.05) is 24.8 Å². The van der Waals surface area contributed by atoms with Crippen LogP contribution in [0.4, 0.5) is 0 Å². The Morgan fingerprint density at radius 2 is 2.46 bits per heavy atom. The second-order valence-electron chi connectivity index (χ2n) is 3.48. The summed E-state index contributed by atoms with van der Waals surface area (Å²) < 4.78 is 11.1. The average Bonchev–Trinajstić information content (AvgIpc) is 2.78. The van der Waals surface area contributed by atoms with Crippen LogP contribution in [0.25, 0.3) is 0 Å². The van der Waals surface area contributed by atoms with Crippen LogP contribution >= 0.6 is 0 Å². The molecule has 1 aromatic rings. The second kappa shape index (κ2) is 2.49. The Morgan fingerprint density at radius 3 is 3.31 bits per heavy atom. The lowest BCUT2D eigenvalue weighted by atomic mass is 9.98. The van der Waals surface area contributed by atoms with E-state index in [0.29, 0.717) is 13.2 Å². The van der Waals surface area contributed by atoms with Gasteiger partial charge in [0.1, 0.15) is 11.9 Å². The molecule has 3 rings (SSSR count). The fraction of sp³-hybridized carbons (Fsp3) is 0.556. The molecule has 1 spiro atoms. The molecule has 2 aliphatic heterocycles. The van der Waals surface area contributed by atoms with Crippen molar-refractivity contribution in [3.8, 4) is 0 Å². The number of aromatic nitrogens is 2. The van der Waals surface area contributed by atoms with E-state index in [0.717, 1.165) is 24.3 Å². The van der Waals surface area contributed by atoms with Gasteiger partial charge >= 0.3 is 0 Å². The summed E-state index contributed by atoms with van der Waals surface area (Å²) in [6.45, 7) is 2.03. The molecule has 0 aromatic carbocycles. The fourth-order valence-electron chi connectivity index (χ4n) is 2.01. The number of ether oxygens (including phenoxy) is 2. The summed E-state index contributed by atoms with van der Waals surface area (Å²) in [4.78, 5) is 8.26. The molecule has 13 heavy (non-hydrogen) atoms. The monoisotopic (exact) mass is 178 g/mol. The summed E-state index contributed by atoms with van der Waals surface area (Å²) >= 11 is 0. The van der Waals surface area contributed by atoms with Crippen LogP contribution in [0.1, 0.15) is 17.7 Å². The molecule has 0 aliphatic carbocycles. The second-order valence-corrected chi connectivity index (χ2v) is 3.48. The van der Waals surface area contributed by atoms with E-state index in [4.69, 9.17) is 9.47 Å². The van der Waals surface area contributed by atoms with Crippen molar-refractivity contribution in [1.82, 2.24) is 9.97 Å². The van der Waals surface area contributed by atoms with Gasteiger partial charge in [0.2, 0.25) is 0 Å². The summed E-state index contributed by atoms with van der Waals surface area (Å²) in [5.74, 6) is 0. The molecule has 68 valence electrons. The van der Waals surface area contributed by atoms with E-state index in [-0.39, 0.29) is 5.60 Å². The summed E-state index contributed by atoms with van der Waals surface area (Å²) in [6.07, 6.45) is 4.32. The third-order valence-electron chi connectivity index (χ3n) is 2.71. The first-order chi connectivity index (χ1) is 6.41. The molecule has 4 nitrogen and oxygen atoms in total. The molecule has 0 amide bonds. The van der Waals surface area contributed by atoms with Gasteiger partial charge in [-0.25, -0.2) is 9.97 Å². The first-order valence-corrected chi connectivity index (χ1v) is 4.42. The van der Waals surface area contributed by atoms with E-state index in [9.17, 15) is 0 Å². The lowest BCUT2D eigenvalue weighted by Crippen LogP contribution is -2.26. The Kier molecular flexibility index (Phi) is 1.42. The Hall–Kier alpha value is -1.00. The summed E-state index contributed by atoms with van der Waals surface area (Å²) in [5.41, 5.74) is 1.88.